The van der Waals surface area contributed by atoms with Gasteiger partial charge in [0.05, 0.1) is 11.9 Å². The molecule has 0 amide bonds. The van der Waals surface area contributed by atoms with Crippen LogP contribution in [-0.2, 0) is 5.60 Å². The highest BCUT2D eigenvalue weighted by Crippen LogP contribution is 2.26. The lowest BCUT2D eigenvalue weighted by molar-refractivity contribution is 0.0245. The van der Waals surface area contributed by atoms with Gasteiger partial charge in [0.15, 0.2) is 5.95 Å². The number of rotatable bonds is 3. The number of hydrogen-bond acceptors (Lipinski definition) is 3. The van der Waals surface area contributed by atoms with E-state index in [1.807, 2.05) is 13.8 Å². The number of aliphatic hydroxyl groups is 1. The Bertz CT molecular complexity index is 253. The standard InChI is InChI=1S/C8H15N3O/c1-3-8(12,4-2)6-5-10-7(9)11-6/h5,12H,3-4H2,1-2H3,(H3,9,10,11). The van der Waals surface area contributed by atoms with Crippen molar-refractivity contribution < 1.29 is 5.11 Å². The minimum atomic E-state index is -0.801. The number of hydrogen-bond donors (Lipinski definition) is 3. The molecular formula is C8H15N3O. The van der Waals surface area contributed by atoms with Crippen molar-refractivity contribution in [3.05, 3.63) is 11.9 Å². The smallest absolute Gasteiger partial charge is 0.197 e. The maximum Gasteiger partial charge on any atom is 0.197 e. The summed E-state index contributed by atoms with van der Waals surface area (Å²) in [5, 5.41) is 9.99. The molecule has 0 aliphatic heterocycles. The predicted octanol–water partition coefficient (Wildman–Crippen LogP) is 1.000. The van der Waals surface area contributed by atoms with Crippen LogP contribution in [0.4, 0.5) is 5.95 Å². The Labute approximate surface area is 71.8 Å². The van der Waals surface area contributed by atoms with Gasteiger partial charge in [0, 0.05) is 0 Å². The third-order valence-electron chi connectivity index (χ3n) is 2.27. The molecule has 0 radical (unpaired) electrons. The van der Waals surface area contributed by atoms with Gasteiger partial charge in [-0.25, -0.2) is 4.98 Å². The molecule has 0 saturated carbocycles. The summed E-state index contributed by atoms with van der Waals surface area (Å²) in [6.45, 7) is 3.86. The molecule has 0 bridgehead atoms. The highest BCUT2D eigenvalue weighted by atomic mass is 16.3. The molecular weight excluding hydrogens is 154 g/mol. The molecule has 4 heteroatoms. The third kappa shape index (κ3) is 1.43. The van der Waals surface area contributed by atoms with Crippen LogP contribution in [0.2, 0.25) is 0 Å². The summed E-state index contributed by atoms with van der Waals surface area (Å²) in [6.07, 6.45) is 2.90. The summed E-state index contributed by atoms with van der Waals surface area (Å²) in [5.74, 6) is 0.352. The molecule has 68 valence electrons. The van der Waals surface area contributed by atoms with Crippen LogP contribution >= 0.6 is 0 Å². The number of H-pyrrole nitrogens is 1. The van der Waals surface area contributed by atoms with Gasteiger partial charge in [-0.05, 0) is 12.8 Å². The first-order valence-corrected chi connectivity index (χ1v) is 4.15. The van der Waals surface area contributed by atoms with Crippen LogP contribution in [-0.4, -0.2) is 15.1 Å². The second-order valence-corrected chi connectivity index (χ2v) is 2.92. The second kappa shape index (κ2) is 3.15. The number of nitrogens with zero attached hydrogens (tertiary/aromatic N) is 1. The normalized spacial score (nSPS) is 11.9. The minimum Gasteiger partial charge on any atom is -0.384 e. The SMILES string of the molecule is CCC(O)(CC)c1cnc(N)[nH]1. The average Bonchev–Trinajstić information content (AvgIpc) is 2.51. The van der Waals surface area contributed by atoms with Crippen molar-refractivity contribution in [3.8, 4) is 0 Å². The Hall–Kier alpha value is -1.03. The first-order valence-electron chi connectivity index (χ1n) is 4.15. The zero-order valence-electron chi connectivity index (χ0n) is 7.46. The molecule has 0 saturated heterocycles. The summed E-state index contributed by atoms with van der Waals surface area (Å²) >= 11 is 0. The molecule has 0 spiro atoms. The third-order valence-corrected chi connectivity index (χ3v) is 2.27. The van der Waals surface area contributed by atoms with E-state index >= 15 is 0 Å². The van der Waals surface area contributed by atoms with Crippen LogP contribution in [0.25, 0.3) is 0 Å². The largest absolute Gasteiger partial charge is 0.384 e. The molecule has 12 heavy (non-hydrogen) atoms. The average molecular weight is 169 g/mol. The lowest BCUT2D eigenvalue weighted by Gasteiger charge is -2.22. The highest BCUT2D eigenvalue weighted by Gasteiger charge is 2.26. The number of aromatic nitrogens is 2. The van der Waals surface area contributed by atoms with E-state index in [0.29, 0.717) is 24.5 Å². The summed E-state index contributed by atoms with van der Waals surface area (Å²) < 4.78 is 0. The molecule has 0 aliphatic carbocycles. The van der Waals surface area contributed by atoms with Gasteiger partial charge in [0.1, 0.15) is 5.60 Å². The molecule has 0 atom stereocenters. The van der Waals surface area contributed by atoms with Crippen LogP contribution in [0.1, 0.15) is 32.4 Å². The lowest BCUT2D eigenvalue weighted by atomic mass is 9.94. The fraction of sp³-hybridized carbons (Fsp3) is 0.625. The van der Waals surface area contributed by atoms with Gasteiger partial charge in [-0.15, -0.1) is 0 Å². The molecule has 1 aromatic rings. The van der Waals surface area contributed by atoms with Gasteiger partial charge >= 0.3 is 0 Å². The van der Waals surface area contributed by atoms with E-state index in [9.17, 15) is 5.11 Å². The Balaban J connectivity index is 2.94. The maximum atomic E-state index is 9.99. The van der Waals surface area contributed by atoms with E-state index in [-0.39, 0.29) is 0 Å². The summed E-state index contributed by atoms with van der Waals surface area (Å²) in [4.78, 5) is 6.68. The van der Waals surface area contributed by atoms with Crippen LogP contribution in [0.15, 0.2) is 6.20 Å². The van der Waals surface area contributed by atoms with Crippen molar-refractivity contribution in [1.29, 1.82) is 0 Å². The van der Waals surface area contributed by atoms with Crippen LogP contribution in [0.5, 0.6) is 0 Å². The maximum absolute atomic E-state index is 9.99. The topological polar surface area (TPSA) is 74.9 Å². The number of imidazole rings is 1. The number of nitrogens with one attached hydrogen (secondary N) is 1. The van der Waals surface area contributed by atoms with E-state index < -0.39 is 5.60 Å². The van der Waals surface area contributed by atoms with Crippen LogP contribution in [0.3, 0.4) is 0 Å². The van der Waals surface area contributed by atoms with Gasteiger partial charge in [0.25, 0.3) is 0 Å². The van der Waals surface area contributed by atoms with Crippen molar-refractivity contribution in [2.24, 2.45) is 0 Å². The Morgan fingerprint density at radius 1 is 1.58 bits per heavy atom. The quantitative estimate of drug-likeness (QED) is 0.631. The van der Waals surface area contributed by atoms with E-state index in [1.54, 1.807) is 6.20 Å². The zero-order valence-corrected chi connectivity index (χ0v) is 7.46. The van der Waals surface area contributed by atoms with Gasteiger partial charge < -0.3 is 15.8 Å². The van der Waals surface area contributed by atoms with Crippen molar-refractivity contribution >= 4 is 5.95 Å². The van der Waals surface area contributed by atoms with Crippen LogP contribution < -0.4 is 5.73 Å². The van der Waals surface area contributed by atoms with Crippen molar-refractivity contribution in [1.82, 2.24) is 9.97 Å². The van der Waals surface area contributed by atoms with E-state index in [1.165, 1.54) is 0 Å². The lowest BCUT2D eigenvalue weighted by Crippen LogP contribution is -2.23. The van der Waals surface area contributed by atoms with E-state index in [4.69, 9.17) is 5.73 Å². The monoisotopic (exact) mass is 169 g/mol. The summed E-state index contributed by atoms with van der Waals surface area (Å²) in [5.41, 5.74) is 5.31. The van der Waals surface area contributed by atoms with Crippen molar-refractivity contribution in [2.45, 2.75) is 32.3 Å². The predicted molar refractivity (Wildman–Crippen MR) is 47.5 cm³/mol. The molecule has 0 unspecified atom stereocenters. The summed E-state index contributed by atoms with van der Waals surface area (Å²) in [6, 6.07) is 0. The molecule has 4 nitrogen and oxygen atoms in total. The first kappa shape index (κ1) is 9.06. The molecule has 1 heterocycles. The molecule has 4 N–H and O–H groups in total. The Morgan fingerprint density at radius 3 is 2.50 bits per heavy atom. The molecule has 0 aromatic carbocycles. The molecule has 0 fully saturated rings. The number of aromatic amines is 1. The van der Waals surface area contributed by atoms with Crippen molar-refractivity contribution in [3.63, 3.8) is 0 Å². The van der Waals surface area contributed by atoms with Crippen LogP contribution in [0, 0.1) is 0 Å². The minimum absolute atomic E-state index is 0.352. The van der Waals surface area contributed by atoms with Gasteiger partial charge in [-0.2, -0.15) is 0 Å². The Morgan fingerprint density at radius 2 is 2.17 bits per heavy atom. The number of nitrogen functional groups attached to an aromatic ring is 1. The van der Waals surface area contributed by atoms with E-state index in [0.717, 1.165) is 0 Å². The van der Waals surface area contributed by atoms with Gasteiger partial charge in [-0.1, -0.05) is 13.8 Å². The Kier molecular flexibility index (Phi) is 2.38. The highest BCUT2D eigenvalue weighted by molar-refractivity contribution is 5.22. The van der Waals surface area contributed by atoms with Gasteiger partial charge in [-0.3, -0.25) is 0 Å². The fourth-order valence-electron chi connectivity index (χ4n) is 1.20. The zero-order chi connectivity index (χ0) is 9.19. The molecule has 0 aliphatic rings. The summed E-state index contributed by atoms with van der Waals surface area (Å²) in [7, 11) is 0. The number of anilines is 1. The van der Waals surface area contributed by atoms with Crippen molar-refractivity contribution in [2.75, 3.05) is 5.73 Å². The fourth-order valence-corrected chi connectivity index (χ4v) is 1.20. The second-order valence-electron chi connectivity index (χ2n) is 2.92. The van der Waals surface area contributed by atoms with Gasteiger partial charge in [0.2, 0.25) is 0 Å². The number of nitrogens with two attached hydrogens (primary N) is 1. The molecule has 1 aromatic heterocycles. The first-order chi connectivity index (χ1) is 5.62. The molecule has 1 rings (SSSR count). The van der Waals surface area contributed by atoms with E-state index in [2.05, 4.69) is 9.97 Å².